The van der Waals surface area contributed by atoms with Gasteiger partial charge in [0.25, 0.3) is 5.79 Å². The van der Waals surface area contributed by atoms with E-state index >= 15 is 0 Å². The quantitative estimate of drug-likeness (QED) is 0.168. The molecule has 5 heteroatoms. The van der Waals surface area contributed by atoms with Gasteiger partial charge in [-0.15, -0.1) is 0 Å². The highest BCUT2D eigenvalue weighted by Crippen LogP contribution is 2.35. The minimum atomic E-state index is -1.55. The van der Waals surface area contributed by atoms with Gasteiger partial charge < -0.3 is 14.2 Å². The molecule has 34 heavy (non-hydrogen) atoms. The highest BCUT2D eigenvalue weighted by molar-refractivity contribution is 7.97. The average Bonchev–Trinajstić information content (AvgIpc) is 2.92. The number of hydrogen-bond donors (Lipinski definition) is 0. The number of benzene rings is 4. The number of carbonyl (C=O) groups is 1. The lowest BCUT2D eigenvalue weighted by molar-refractivity contribution is -0.176. The summed E-state index contributed by atoms with van der Waals surface area (Å²) in [6.07, 6.45) is 0. The van der Waals surface area contributed by atoms with Crippen LogP contribution in [0.3, 0.4) is 0 Å². The van der Waals surface area contributed by atoms with Crippen molar-refractivity contribution in [2.75, 3.05) is 21.3 Å². The van der Waals surface area contributed by atoms with Gasteiger partial charge >= 0.3 is 0 Å². The first-order chi connectivity index (χ1) is 16.6. The third-order valence-electron chi connectivity index (χ3n) is 5.65. The normalized spacial score (nSPS) is 11.4. The molecule has 0 atom stereocenters. The van der Waals surface area contributed by atoms with Gasteiger partial charge in [0, 0.05) is 25.3 Å². The Kier molecular flexibility index (Phi) is 7.48. The van der Waals surface area contributed by atoms with Crippen molar-refractivity contribution >= 4 is 16.7 Å². The third-order valence-corrected chi connectivity index (χ3v) is 7.88. The van der Waals surface area contributed by atoms with Crippen LogP contribution in [0.5, 0.6) is 5.75 Å². The zero-order chi connectivity index (χ0) is 24.0. The number of ketones is 1. The lowest BCUT2D eigenvalue weighted by Gasteiger charge is -2.29. The van der Waals surface area contributed by atoms with Gasteiger partial charge in [-0.3, -0.25) is 4.79 Å². The van der Waals surface area contributed by atoms with Crippen LogP contribution in [-0.2, 0) is 26.2 Å². The summed E-state index contributed by atoms with van der Waals surface area (Å²) in [5.74, 6) is -1.15. The number of Topliss-reactive ketones (excluding diaryl/α,β-unsaturated/α-hetero) is 1. The summed E-state index contributed by atoms with van der Waals surface area (Å²) in [5, 5.41) is 0. The van der Waals surface area contributed by atoms with Gasteiger partial charge in [0.2, 0.25) is 5.78 Å². The highest BCUT2D eigenvalue weighted by Gasteiger charge is 2.42. The largest absolute Gasteiger partial charge is 0.497 e. The predicted molar refractivity (Wildman–Crippen MR) is 135 cm³/mol. The lowest BCUT2D eigenvalue weighted by Crippen LogP contribution is -2.40. The fourth-order valence-corrected chi connectivity index (χ4v) is 5.98. The second-order valence-corrected chi connectivity index (χ2v) is 9.57. The summed E-state index contributed by atoms with van der Waals surface area (Å²) >= 11 is 0. The van der Waals surface area contributed by atoms with Crippen LogP contribution in [0.4, 0.5) is 0 Å². The SMILES string of the molecule is COc1ccc(C(=O)C(OC)(OC)c2ccc([S+](c3ccccc3)c3ccccc3)cc2)cc1. The molecule has 0 saturated carbocycles. The molecule has 0 fully saturated rings. The van der Waals surface area contributed by atoms with E-state index in [1.807, 2.05) is 36.4 Å². The van der Waals surface area contributed by atoms with Gasteiger partial charge in [0.15, 0.2) is 14.7 Å². The maximum Gasteiger partial charge on any atom is 0.260 e. The summed E-state index contributed by atoms with van der Waals surface area (Å²) in [7, 11) is 4.27. The molecule has 4 aromatic rings. The smallest absolute Gasteiger partial charge is 0.260 e. The molecule has 0 aromatic heterocycles. The molecule has 0 bridgehead atoms. The van der Waals surface area contributed by atoms with Crippen molar-refractivity contribution < 1.29 is 19.0 Å². The standard InChI is InChI=1S/C29H27O4S/c1-31-24-18-14-22(15-19-24)28(30)29(32-2,33-3)23-16-20-27(21-17-23)34(25-10-6-4-7-11-25)26-12-8-5-9-13-26/h4-21H,1-3H3/q+1. The van der Waals surface area contributed by atoms with Gasteiger partial charge in [-0.1, -0.05) is 36.4 Å². The molecule has 0 spiro atoms. The van der Waals surface area contributed by atoms with E-state index in [1.54, 1.807) is 31.4 Å². The fraction of sp³-hybridized carbons (Fsp3) is 0.138. The number of rotatable bonds is 9. The lowest BCUT2D eigenvalue weighted by atomic mass is 9.95. The Morgan fingerprint density at radius 2 is 1.09 bits per heavy atom. The molecular weight excluding hydrogens is 444 g/mol. The van der Waals surface area contributed by atoms with E-state index in [-0.39, 0.29) is 16.7 Å². The van der Waals surface area contributed by atoms with Crippen LogP contribution in [0.25, 0.3) is 0 Å². The molecule has 0 N–H and O–H groups in total. The predicted octanol–water partition coefficient (Wildman–Crippen LogP) is 6.12. The Hall–Kier alpha value is -3.38. The van der Waals surface area contributed by atoms with E-state index in [4.69, 9.17) is 14.2 Å². The van der Waals surface area contributed by atoms with Crippen molar-refractivity contribution in [3.05, 3.63) is 120 Å². The van der Waals surface area contributed by atoms with Crippen LogP contribution < -0.4 is 4.74 Å². The van der Waals surface area contributed by atoms with Crippen molar-refractivity contribution in [1.29, 1.82) is 0 Å². The van der Waals surface area contributed by atoms with Crippen LogP contribution in [0.15, 0.2) is 124 Å². The number of ether oxygens (including phenoxy) is 3. The van der Waals surface area contributed by atoms with E-state index < -0.39 is 5.79 Å². The minimum Gasteiger partial charge on any atom is -0.497 e. The zero-order valence-electron chi connectivity index (χ0n) is 19.4. The summed E-state index contributed by atoms with van der Waals surface area (Å²) in [6, 6.07) is 35.7. The number of hydrogen-bond acceptors (Lipinski definition) is 4. The molecule has 0 aliphatic carbocycles. The zero-order valence-corrected chi connectivity index (χ0v) is 20.3. The fourth-order valence-electron chi connectivity index (χ4n) is 3.90. The van der Waals surface area contributed by atoms with Gasteiger partial charge in [-0.05, 0) is 72.8 Å². The molecule has 4 aromatic carbocycles. The number of carbonyl (C=O) groups excluding carboxylic acids is 1. The molecule has 0 unspecified atom stereocenters. The van der Waals surface area contributed by atoms with E-state index in [2.05, 4.69) is 48.5 Å². The highest BCUT2D eigenvalue weighted by atomic mass is 32.2. The van der Waals surface area contributed by atoms with Gasteiger partial charge in [-0.2, -0.15) is 0 Å². The molecule has 0 aliphatic heterocycles. The Balaban J connectivity index is 1.73. The van der Waals surface area contributed by atoms with Crippen LogP contribution >= 0.6 is 0 Å². The second-order valence-electron chi connectivity index (χ2n) is 7.54. The summed E-state index contributed by atoms with van der Waals surface area (Å²) in [6.45, 7) is 0. The van der Waals surface area contributed by atoms with Crippen LogP contribution in [0.1, 0.15) is 15.9 Å². The van der Waals surface area contributed by atoms with E-state index in [1.165, 1.54) is 24.0 Å². The molecule has 4 nitrogen and oxygen atoms in total. The maximum absolute atomic E-state index is 13.5. The van der Waals surface area contributed by atoms with Crippen LogP contribution in [0.2, 0.25) is 0 Å². The first kappa shape index (κ1) is 23.8. The van der Waals surface area contributed by atoms with Crippen LogP contribution in [-0.4, -0.2) is 27.1 Å². The first-order valence-electron chi connectivity index (χ1n) is 10.9. The average molecular weight is 472 g/mol. The Morgan fingerprint density at radius 1 is 0.618 bits per heavy atom. The topological polar surface area (TPSA) is 44.8 Å². The summed E-state index contributed by atoms with van der Waals surface area (Å²) in [4.78, 5) is 17.1. The molecule has 172 valence electrons. The third kappa shape index (κ3) is 4.64. The minimum absolute atomic E-state index is 0.280. The van der Waals surface area contributed by atoms with Crippen molar-refractivity contribution in [1.82, 2.24) is 0 Å². The maximum atomic E-state index is 13.5. The van der Waals surface area contributed by atoms with E-state index in [0.717, 1.165) is 4.90 Å². The van der Waals surface area contributed by atoms with Gasteiger partial charge in [-0.25, -0.2) is 0 Å². The van der Waals surface area contributed by atoms with Crippen molar-refractivity contribution in [3.8, 4) is 5.75 Å². The van der Waals surface area contributed by atoms with Crippen molar-refractivity contribution in [2.45, 2.75) is 20.5 Å². The Labute approximate surface area is 203 Å². The summed E-state index contributed by atoms with van der Waals surface area (Å²) < 4.78 is 16.6. The molecule has 0 radical (unpaired) electrons. The molecule has 4 rings (SSSR count). The Morgan fingerprint density at radius 3 is 1.53 bits per heavy atom. The molecule has 0 amide bonds. The second kappa shape index (κ2) is 10.7. The van der Waals surface area contributed by atoms with E-state index in [0.29, 0.717) is 16.9 Å². The van der Waals surface area contributed by atoms with Crippen molar-refractivity contribution in [2.24, 2.45) is 0 Å². The first-order valence-corrected chi connectivity index (χ1v) is 12.1. The number of methoxy groups -OCH3 is 3. The van der Waals surface area contributed by atoms with Gasteiger partial charge in [0.1, 0.15) is 5.75 Å². The molecule has 0 saturated heterocycles. The van der Waals surface area contributed by atoms with Crippen LogP contribution in [0, 0.1) is 0 Å². The summed E-state index contributed by atoms with van der Waals surface area (Å²) in [5.41, 5.74) is 1.11. The Bertz CT molecular complexity index is 1160. The molecule has 0 heterocycles. The monoisotopic (exact) mass is 471 g/mol. The van der Waals surface area contributed by atoms with E-state index in [9.17, 15) is 4.79 Å². The molecular formula is C29H27O4S+. The van der Waals surface area contributed by atoms with Crippen molar-refractivity contribution in [3.63, 3.8) is 0 Å². The molecule has 0 aliphatic rings. The van der Waals surface area contributed by atoms with Gasteiger partial charge in [0.05, 0.1) is 18.0 Å².